The first-order valence-electron chi connectivity index (χ1n) is 12.8. The molecule has 4 heterocycles. The monoisotopic (exact) mass is 514 g/mol. The third-order valence-electron chi connectivity index (χ3n) is 7.88. The summed E-state index contributed by atoms with van der Waals surface area (Å²) in [7, 11) is 1.59. The highest BCUT2D eigenvalue weighted by Crippen LogP contribution is 2.52. The number of halogens is 1. The molecule has 0 radical (unpaired) electrons. The smallest absolute Gasteiger partial charge is 0.123 e. The third kappa shape index (κ3) is 4.45. The van der Waals surface area contributed by atoms with E-state index in [-0.39, 0.29) is 5.82 Å². The molecule has 1 atom stereocenters. The van der Waals surface area contributed by atoms with Crippen molar-refractivity contribution in [1.82, 2.24) is 19.9 Å². The van der Waals surface area contributed by atoms with Crippen LogP contribution in [0, 0.1) is 11.2 Å². The van der Waals surface area contributed by atoms with Crippen molar-refractivity contribution in [2.24, 2.45) is 5.41 Å². The van der Waals surface area contributed by atoms with Crippen LogP contribution in [-0.4, -0.2) is 37.8 Å². The van der Waals surface area contributed by atoms with Crippen LogP contribution < -0.4 is 4.74 Å². The maximum Gasteiger partial charge on any atom is 0.123 e. The molecule has 0 aliphatic carbocycles. The fourth-order valence-corrected chi connectivity index (χ4v) is 5.76. The van der Waals surface area contributed by atoms with Crippen molar-refractivity contribution in [2.45, 2.75) is 58.0 Å². The van der Waals surface area contributed by atoms with Crippen molar-refractivity contribution >= 4 is 21.8 Å². The predicted molar refractivity (Wildman–Crippen MR) is 149 cm³/mol. The van der Waals surface area contributed by atoms with Gasteiger partial charge >= 0.3 is 0 Å². The molecule has 0 spiro atoms. The molecule has 198 valence electrons. The van der Waals surface area contributed by atoms with Gasteiger partial charge in [0, 0.05) is 63.5 Å². The van der Waals surface area contributed by atoms with Crippen LogP contribution in [-0.2, 0) is 5.41 Å². The summed E-state index contributed by atoms with van der Waals surface area (Å²) < 4.78 is 20.1. The first-order chi connectivity index (χ1) is 17.9. The van der Waals surface area contributed by atoms with Crippen molar-refractivity contribution < 1.29 is 14.2 Å². The minimum absolute atomic E-state index is 0.329. The molecule has 4 aromatic heterocycles. The zero-order valence-corrected chi connectivity index (χ0v) is 22.8. The summed E-state index contributed by atoms with van der Waals surface area (Å²) in [5.74, 6) is -0.213. The van der Waals surface area contributed by atoms with Gasteiger partial charge in [-0.05, 0) is 59.7 Å². The molecule has 1 unspecified atom stereocenters. The largest absolute Gasteiger partial charge is 0.496 e. The van der Waals surface area contributed by atoms with E-state index in [4.69, 9.17) is 4.74 Å². The Morgan fingerprint density at radius 2 is 1.42 bits per heavy atom. The van der Waals surface area contributed by atoms with E-state index in [0.29, 0.717) is 17.7 Å². The lowest BCUT2D eigenvalue weighted by molar-refractivity contribution is -0.0914. The Bertz CT molecular complexity index is 1460. The van der Waals surface area contributed by atoms with Crippen LogP contribution in [0.1, 0.15) is 63.9 Å². The molecule has 5 rings (SSSR count). The van der Waals surface area contributed by atoms with Gasteiger partial charge in [-0.25, -0.2) is 4.39 Å². The number of hydrogen-bond acceptors (Lipinski definition) is 4. The van der Waals surface area contributed by atoms with Gasteiger partial charge in [0.1, 0.15) is 11.6 Å². The summed E-state index contributed by atoms with van der Waals surface area (Å²) in [6.07, 6.45) is 7.47. The number of rotatable bonds is 7. The number of aliphatic hydroxyl groups is 1. The number of ether oxygens (including phenoxy) is 1. The second kappa shape index (κ2) is 9.24. The number of pyridine rings is 2. The number of aromatic nitrogens is 4. The molecule has 1 aromatic carbocycles. The maximum atomic E-state index is 14.5. The first kappa shape index (κ1) is 25.9. The molecule has 0 aliphatic rings. The molecule has 0 saturated carbocycles. The standard InChI is InChI=1S/C31H35FN4O2/c1-29(2,3)31(37,18-30(4,5)22-15-21(32)7-8-27(22)38-6)28(25-13-19-16-33-11-9-23(19)35-25)26-14-20-17-34-12-10-24(20)36-26/h7-17,28,35-37H,18H2,1-6H3. The second-order valence-electron chi connectivity index (χ2n) is 11.9. The highest BCUT2D eigenvalue weighted by Gasteiger charge is 2.52. The Kier molecular flexibility index (Phi) is 6.30. The minimum atomic E-state index is -1.30. The Morgan fingerprint density at radius 3 is 1.89 bits per heavy atom. The summed E-state index contributed by atoms with van der Waals surface area (Å²) in [5, 5.41) is 14.9. The van der Waals surface area contributed by atoms with Gasteiger partial charge < -0.3 is 19.8 Å². The molecule has 6 nitrogen and oxygen atoms in total. The van der Waals surface area contributed by atoms with Crippen molar-refractivity contribution in [2.75, 3.05) is 7.11 Å². The highest BCUT2D eigenvalue weighted by molar-refractivity contribution is 5.81. The molecule has 0 saturated heterocycles. The highest BCUT2D eigenvalue weighted by atomic mass is 19.1. The lowest BCUT2D eigenvalue weighted by Crippen LogP contribution is -2.52. The van der Waals surface area contributed by atoms with Gasteiger partial charge in [0.05, 0.1) is 18.6 Å². The Hall–Kier alpha value is -3.71. The lowest BCUT2D eigenvalue weighted by Gasteiger charge is -2.49. The van der Waals surface area contributed by atoms with Crippen molar-refractivity contribution in [3.05, 3.63) is 90.0 Å². The number of hydrogen-bond donors (Lipinski definition) is 3. The van der Waals surface area contributed by atoms with Crippen LogP contribution in [0.4, 0.5) is 4.39 Å². The molecule has 3 N–H and O–H groups in total. The van der Waals surface area contributed by atoms with Crippen LogP contribution in [0.5, 0.6) is 5.75 Å². The van der Waals surface area contributed by atoms with Crippen LogP contribution in [0.25, 0.3) is 21.8 Å². The van der Waals surface area contributed by atoms with Crippen LogP contribution in [0.3, 0.4) is 0 Å². The van der Waals surface area contributed by atoms with Gasteiger partial charge in [0.15, 0.2) is 0 Å². The summed E-state index contributed by atoms with van der Waals surface area (Å²) in [5.41, 5.74) is 1.81. The first-order valence-corrected chi connectivity index (χ1v) is 12.8. The predicted octanol–water partition coefficient (Wildman–Crippen LogP) is 6.86. The van der Waals surface area contributed by atoms with Crippen LogP contribution in [0.2, 0.25) is 0 Å². The van der Waals surface area contributed by atoms with E-state index in [1.54, 1.807) is 25.6 Å². The topological polar surface area (TPSA) is 86.8 Å². The Labute approximate surface area is 222 Å². The molecule has 7 heteroatoms. The minimum Gasteiger partial charge on any atom is -0.496 e. The molecule has 0 aliphatic heterocycles. The van der Waals surface area contributed by atoms with Crippen molar-refractivity contribution in [3.8, 4) is 5.75 Å². The lowest BCUT2D eigenvalue weighted by atomic mass is 9.59. The molecular weight excluding hydrogens is 479 g/mol. The van der Waals surface area contributed by atoms with Gasteiger partial charge in [-0.15, -0.1) is 0 Å². The van der Waals surface area contributed by atoms with E-state index in [2.05, 4.69) is 32.1 Å². The van der Waals surface area contributed by atoms with Crippen LogP contribution in [0.15, 0.2) is 67.3 Å². The summed E-state index contributed by atoms with van der Waals surface area (Å²) in [6.45, 7) is 10.2. The zero-order chi connectivity index (χ0) is 27.3. The second-order valence-corrected chi connectivity index (χ2v) is 11.9. The summed E-state index contributed by atoms with van der Waals surface area (Å²) in [6, 6.07) is 12.5. The third-order valence-corrected chi connectivity index (χ3v) is 7.88. The van der Waals surface area contributed by atoms with Crippen LogP contribution >= 0.6 is 0 Å². The van der Waals surface area contributed by atoms with Gasteiger partial charge in [0.25, 0.3) is 0 Å². The number of aromatic amines is 2. The molecule has 0 fully saturated rings. The van der Waals surface area contributed by atoms with E-state index < -0.39 is 22.3 Å². The maximum absolute atomic E-state index is 14.5. The van der Waals surface area contributed by atoms with Gasteiger partial charge in [-0.3, -0.25) is 9.97 Å². The fourth-order valence-electron chi connectivity index (χ4n) is 5.76. The van der Waals surface area contributed by atoms with E-state index >= 15 is 0 Å². The normalized spacial score (nSPS) is 14.3. The van der Waals surface area contributed by atoms with E-state index in [9.17, 15) is 9.50 Å². The quantitative estimate of drug-likeness (QED) is 0.221. The average molecular weight is 515 g/mol. The molecule has 38 heavy (non-hydrogen) atoms. The number of nitrogens with zero attached hydrogens (tertiary/aromatic N) is 2. The van der Waals surface area contributed by atoms with Gasteiger partial charge in [0.2, 0.25) is 0 Å². The molecule has 5 aromatic rings. The van der Waals surface area contributed by atoms with Crippen molar-refractivity contribution in [1.29, 1.82) is 0 Å². The SMILES string of the molecule is COc1ccc(F)cc1C(C)(C)CC(O)(C(c1cc2cnccc2[nH]1)c1cc2cnccc2[nH]1)C(C)(C)C. The number of nitrogens with one attached hydrogen (secondary N) is 2. The summed E-state index contributed by atoms with van der Waals surface area (Å²) >= 11 is 0. The van der Waals surface area contributed by atoms with Gasteiger partial charge in [-0.1, -0.05) is 34.6 Å². The number of fused-ring (bicyclic) bond motifs is 2. The molecular formula is C31H35FN4O2. The Balaban J connectivity index is 1.73. The van der Waals surface area contributed by atoms with Gasteiger partial charge in [-0.2, -0.15) is 0 Å². The molecule has 0 amide bonds. The van der Waals surface area contributed by atoms with E-state index in [0.717, 1.165) is 33.2 Å². The van der Waals surface area contributed by atoms with Crippen molar-refractivity contribution in [3.63, 3.8) is 0 Å². The number of methoxy groups -OCH3 is 1. The number of benzene rings is 1. The summed E-state index contributed by atoms with van der Waals surface area (Å²) in [4.78, 5) is 15.7. The zero-order valence-electron chi connectivity index (χ0n) is 22.8. The Morgan fingerprint density at radius 1 is 0.868 bits per heavy atom. The average Bonchev–Trinajstić information content (AvgIpc) is 3.47. The van der Waals surface area contributed by atoms with E-state index in [1.165, 1.54) is 12.1 Å². The number of H-pyrrole nitrogens is 2. The molecule has 0 bridgehead atoms. The fraction of sp³-hybridized carbons (Fsp3) is 0.355. The van der Waals surface area contributed by atoms with E-state index in [1.807, 2.05) is 59.1 Å².